The summed E-state index contributed by atoms with van der Waals surface area (Å²) in [6.07, 6.45) is 0. The Morgan fingerprint density at radius 3 is 2.41 bits per heavy atom. The van der Waals surface area contributed by atoms with Crippen LogP contribution < -0.4 is 10.1 Å². The minimum atomic E-state index is -1.02. The molecular formula is C21H22N2O4. The minimum absolute atomic E-state index is 0.0889. The van der Waals surface area contributed by atoms with E-state index in [-0.39, 0.29) is 11.5 Å². The van der Waals surface area contributed by atoms with E-state index in [1.165, 1.54) is 0 Å². The van der Waals surface area contributed by atoms with E-state index in [4.69, 9.17) is 9.47 Å². The molecule has 0 heterocycles. The number of carbonyl (C=O) groups is 2. The number of ether oxygens (including phenoxy) is 2. The molecule has 27 heavy (non-hydrogen) atoms. The van der Waals surface area contributed by atoms with E-state index < -0.39 is 24.0 Å². The molecule has 0 aliphatic carbocycles. The Bertz CT molecular complexity index is 843. The number of carbonyl (C=O) groups excluding carboxylic acids is 2. The van der Waals surface area contributed by atoms with E-state index >= 15 is 0 Å². The number of esters is 1. The summed E-state index contributed by atoms with van der Waals surface area (Å²) in [6.45, 7) is 4.82. The van der Waals surface area contributed by atoms with Crippen LogP contribution >= 0.6 is 0 Å². The number of hydrogen-bond donors (Lipinski definition) is 1. The first-order valence-corrected chi connectivity index (χ1v) is 8.56. The van der Waals surface area contributed by atoms with Crippen molar-refractivity contribution >= 4 is 11.9 Å². The number of nitrogens with zero attached hydrogens (tertiary/aromatic N) is 1. The summed E-state index contributed by atoms with van der Waals surface area (Å²) in [5.74, 6) is -0.137. The molecule has 0 aliphatic heterocycles. The molecule has 2 aromatic rings. The lowest BCUT2D eigenvalue weighted by Gasteiger charge is -2.27. The predicted octanol–water partition coefficient (Wildman–Crippen LogP) is 3.69. The van der Waals surface area contributed by atoms with Gasteiger partial charge in [-0.2, -0.15) is 5.26 Å². The first-order chi connectivity index (χ1) is 12.8. The molecule has 2 rings (SSSR count). The Morgan fingerprint density at radius 1 is 1.11 bits per heavy atom. The van der Waals surface area contributed by atoms with Gasteiger partial charge in [-0.3, -0.25) is 4.79 Å². The van der Waals surface area contributed by atoms with Gasteiger partial charge in [-0.1, -0.05) is 38.1 Å². The quantitative estimate of drug-likeness (QED) is 0.755. The molecule has 0 aliphatic rings. The van der Waals surface area contributed by atoms with Crippen molar-refractivity contribution in [1.29, 1.82) is 5.26 Å². The summed E-state index contributed by atoms with van der Waals surface area (Å²) in [6, 6.07) is 17.7. The maximum Gasteiger partial charge on any atom is 0.338 e. The van der Waals surface area contributed by atoms with Crippen molar-refractivity contribution < 1.29 is 19.1 Å². The zero-order chi connectivity index (χ0) is 19.9. The SMILES string of the molecule is CC(C)[C@@](C)(C#N)NC(=O)COC(=O)c1cccc(Oc2ccccc2)c1. The van der Waals surface area contributed by atoms with Crippen LogP contribution in [0.5, 0.6) is 11.5 Å². The van der Waals surface area contributed by atoms with Gasteiger partial charge in [-0.15, -0.1) is 0 Å². The van der Waals surface area contributed by atoms with Crippen LogP contribution in [0.15, 0.2) is 54.6 Å². The van der Waals surface area contributed by atoms with Crippen LogP contribution in [0.3, 0.4) is 0 Å². The summed E-state index contributed by atoms with van der Waals surface area (Å²) in [5, 5.41) is 11.8. The smallest absolute Gasteiger partial charge is 0.338 e. The standard InChI is InChI=1S/C21H22N2O4/c1-15(2)21(3,14-22)23-19(24)13-26-20(25)16-8-7-11-18(12-16)27-17-9-5-4-6-10-17/h4-12,15H,13H2,1-3H3,(H,23,24)/t21-/m1/s1. The molecule has 0 saturated heterocycles. The average Bonchev–Trinajstić information content (AvgIpc) is 2.67. The van der Waals surface area contributed by atoms with Gasteiger partial charge in [0.1, 0.15) is 17.0 Å². The second-order valence-electron chi connectivity index (χ2n) is 6.54. The van der Waals surface area contributed by atoms with E-state index in [9.17, 15) is 14.9 Å². The van der Waals surface area contributed by atoms with Gasteiger partial charge >= 0.3 is 5.97 Å². The highest BCUT2D eigenvalue weighted by Crippen LogP contribution is 2.22. The summed E-state index contributed by atoms with van der Waals surface area (Å²) in [7, 11) is 0. The lowest BCUT2D eigenvalue weighted by Crippen LogP contribution is -2.50. The third-order valence-electron chi connectivity index (χ3n) is 4.17. The highest BCUT2D eigenvalue weighted by atomic mass is 16.5. The van der Waals surface area contributed by atoms with Crippen molar-refractivity contribution in [2.24, 2.45) is 5.92 Å². The van der Waals surface area contributed by atoms with Crippen LogP contribution in [0.2, 0.25) is 0 Å². The second-order valence-corrected chi connectivity index (χ2v) is 6.54. The number of nitriles is 1. The summed E-state index contributed by atoms with van der Waals surface area (Å²) in [4.78, 5) is 24.2. The molecular weight excluding hydrogens is 344 g/mol. The fourth-order valence-electron chi connectivity index (χ4n) is 2.15. The normalized spacial score (nSPS) is 12.6. The molecule has 0 aromatic heterocycles. The second kappa shape index (κ2) is 8.86. The number of hydrogen-bond acceptors (Lipinski definition) is 5. The monoisotopic (exact) mass is 366 g/mol. The fourth-order valence-corrected chi connectivity index (χ4v) is 2.15. The summed E-state index contributed by atoms with van der Waals surface area (Å²) >= 11 is 0. The Labute approximate surface area is 158 Å². The van der Waals surface area contributed by atoms with E-state index in [1.54, 1.807) is 43.3 Å². The molecule has 0 bridgehead atoms. The van der Waals surface area contributed by atoms with Gasteiger partial charge in [0, 0.05) is 0 Å². The van der Waals surface area contributed by atoms with E-state index in [0.29, 0.717) is 11.5 Å². The Kier molecular flexibility index (Phi) is 6.56. The largest absolute Gasteiger partial charge is 0.457 e. The minimum Gasteiger partial charge on any atom is -0.457 e. The molecule has 1 amide bonds. The average molecular weight is 366 g/mol. The van der Waals surface area contributed by atoms with Crippen molar-refractivity contribution in [3.8, 4) is 17.6 Å². The Morgan fingerprint density at radius 2 is 1.78 bits per heavy atom. The van der Waals surface area contributed by atoms with Crippen LogP contribution in [0, 0.1) is 17.2 Å². The Hall–Kier alpha value is -3.33. The number of benzene rings is 2. The summed E-state index contributed by atoms with van der Waals surface area (Å²) in [5.41, 5.74) is -0.754. The van der Waals surface area contributed by atoms with Crippen molar-refractivity contribution in [2.75, 3.05) is 6.61 Å². The summed E-state index contributed by atoms with van der Waals surface area (Å²) < 4.78 is 10.7. The van der Waals surface area contributed by atoms with Crippen LogP contribution in [-0.2, 0) is 9.53 Å². The topological polar surface area (TPSA) is 88.4 Å². The van der Waals surface area contributed by atoms with Crippen molar-refractivity contribution in [2.45, 2.75) is 26.3 Å². The first kappa shape index (κ1) is 20.0. The molecule has 0 spiro atoms. The van der Waals surface area contributed by atoms with Crippen LogP contribution in [0.25, 0.3) is 0 Å². The number of amides is 1. The molecule has 6 nitrogen and oxygen atoms in total. The molecule has 2 aromatic carbocycles. The van der Waals surface area contributed by atoms with Gasteiger partial charge in [-0.25, -0.2) is 4.79 Å². The van der Waals surface area contributed by atoms with Gasteiger partial charge in [0.05, 0.1) is 11.6 Å². The third kappa shape index (κ3) is 5.58. The molecule has 0 unspecified atom stereocenters. The number of rotatable bonds is 7. The fraction of sp³-hybridized carbons (Fsp3) is 0.286. The Balaban J connectivity index is 1.95. The maximum absolute atomic E-state index is 12.2. The van der Waals surface area contributed by atoms with Crippen LogP contribution in [-0.4, -0.2) is 24.0 Å². The highest BCUT2D eigenvalue weighted by Gasteiger charge is 2.30. The van der Waals surface area contributed by atoms with Gasteiger partial charge < -0.3 is 14.8 Å². The highest BCUT2D eigenvalue weighted by molar-refractivity contribution is 5.91. The molecule has 1 atom stereocenters. The first-order valence-electron chi connectivity index (χ1n) is 8.56. The van der Waals surface area contributed by atoms with E-state index in [0.717, 1.165) is 0 Å². The molecule has 6 heteroatoms. The van der Waals surface area contributed by atoms with Crippen molar-refractivity contribution in [1.82, 2.24) is 5.32 Å². The molecule has 1 N–H and O–H groups in total. The van der Waals surface area contributed by atoms with Gasteiger partial charge in [0.25, 0.3) is 5.91 Å². The van der Waals surface area contributed by atoms with E-state index in [1.807, 2.05) is 32.0 Å². The lowest BCUT2D eigenvalue weighted by atomic mass is 9.90. The number of nitrogens with one attached hydrogen (secondary N) is 1. The van der Waals surface area contributed by atoms with Gasteiger partial charge in [-0.05, 0) is 43.2 Å². The molecule has 0 fully saturated rings. The van der Waals surface area contributed by atoms with Crippen molar-refractivity contribution in [3.63, 3.8) is 0 Å². The zero-order valence-electron chi connectivity index (χ0n) is 15.6. The maximum atomic E-state index is 12.2. The van der Waals surface area contributed by atoms with Crippen molar-refractivity contribution in [3.05, 3.63) is 60.2 Å². The molecule has 140 valence electrons. The third-order valence-corrected chi connectivity index (χ3v) is 4.17. The predicted molar refractivity (Wildman–Crippen MR) is 100 cm³/mol. The zero-order valence-corrected chi connectivity index (χ0v) is 15.6. The van der Waals surface area contributed by atoms with Gasteiger partial charge in [0.15, 0.2) is 6.61 Å². The van der Waals surface area contributed by atoms with E-state index in [2.05, 4.69) is 11.4 Å². The molecule has 0 radical (unpaired) electrons. The van der Waals surface area contributed by atoms with Crippen LogP contribution in [0.4, 0.5) is 0 Å². The van der Waals surface area contributed by atoms with Crippen LogP contribution in [0.1, 0.15) is 31.1 Å². The number of para-hydroxylation sites is 1. The molecule has 0 saturated carbocycles. The van der Waals surface area contributed by atoms with Gasteiger partial charge in [0.2, 0.25) is 0 Å². The lowest BCUT2D eigenvalue weighted by molar-refractivity contribution is -0.125.